The molecule has 3 nitrogen and oxygen atoms in total. The molecule has 0 spiro atoms. The highest BCUT2D eigenvalue weighted by molar-refractivity contribution is 5.88. The summed E-state index contributed by atoms with van der Waals surface area (Å²) in [6.07, 6.45) is 0. The van der Waals surface area contributed by atoms with Gasteiger partial charge >= 0.3 is 5.97 Å². The second-order valence-corrected chi connectivity index (χ2v) is 4.38. The fourth-order valence-corrected chi connectivity index (χ4v) is 1.96. The van der Waals surface area contributed by atoms with Crippen LogP contribution >= 0.6 is 0 Å². The van der Waals surface area contributed by atoms with Gasteiger partial charge in [-0.3, -0.25) is 0 Å². The number of halogens is 2. The van der Waals surface area contributed by atoms with E-state index in [1.165, 1.54) is 30.3 Å². The number of anilines is 1. The average Bonchev–Trinajstić information content (AvgIpc) is 2.39. The van der Waals surface area contributed by atoms with Gasteiger partial charge < -0.3 is 10.4 Å². The molecule has 0 saturated carbocycles. The minimum Gasteiger partial charge on any atom is -0.478 e. The maximum Gasteiger partial charge on any atom is 0.335 e. The number of hydrogen-bond donors (Lipinski definition) is 2. The number of benzene rings is 2. The highest BCUT2D eigenvalue weighted by Gasteiger charge is 2.15. The van der Waals surface area contributed by atoms with Crippen LogP contribution in [-0.4, -0.2) is 11.1 Å². The molecule has 0 radical (unpaired) electrons. The lowest BCUT2D eigenvalue weighted by Gasteiger charge is -2.17. The van der Waals surface area contributed by atoms with Crippen molar-refractivity contribution in [2.45, 2.75) is 13.0 Å². The molecule has 20 heavy (non-hydrogen) atoms. The van der Waals surface area contributed by atoms with Crippen molar-refractivity contribution in [3.8, 4) is 0 Å². The van der Waals surface area contributed by atoms with Crippen molar-refractivity contribution < 1.29 is 18.7 Å². The molecular weight excluding hydrogens is 264 g/mol. The number of hydrogen-bond acceptors (Lipinski definition) is 2. The Bertz CT molecular complexity index is 606. The normalized spacial score (nSPS) is 11.9. The lowest BCUT2D eigenvalue weighted by atomic mass is 10.1. The second-order valence-electron chi connectivity index (χ2n) is 4.38. The minimum atomic E-state index is -1.02. The number of rotatable bonds is 4. The van der Waals surface area contributed by atoms with E-state index in [0.717, 1.165) is 0 Å². The summed E-state index contributed by atoms with van der Waals surface area (Å²) in [6, 6.07) is 9.09. The number of aromatic carboxylic acids is 1. The van der Waals surface area contributed by atoms with Gasteiger partial charge in [-0.2, -0.15) is 0 Å². The largest absolute Gasteiger partial charge is 0.478 e. The highest BCUT2D eigenvalue weighted by Crippen LogP contribution is 2.24. The Morgan fingerprint density at radius 2 is 1.65 bits per heavy atom. The Morgan fingerprint density at radius 1 is 1.10 bits per heavy atom. The summed E-state index contributed by atoms with van der Waals surface area (Å²) in [5.41, 5.74) is 0.695. The summed E-state index contributed by atoms with van der Waals surface area (Å²) in [6.45, 7) is 1.63. The molecule has 0 aromatic heterocycles. The zero-order valence-corrected chi connectivity index (χ0v) is 10.7. The Kier molecular flexibility index (Phi) is 3.98. The molecular formula is C15H13F2NO2. The van der Waals surface area contributed by atoms with Gasteiger partial charge in [-0.1, -0.05) is 6.07 Å². The van der Waals surface area contributed by atoms with E-state index < -0.39 is 23.6 Å². The molecule has 5 heteroatoms. The van der Waals surface area contributed by atoms with E-state index in [-0.39, 0.29) is 11.1 Å². The maximum absolute atomic E-state index is 13.6. The van der Waals surface area contributed by atoms with Gasteiger partial charge in [0.25, 0.3) is 0 Å². The third-order valence-corrected chi connectivity index (χ3v) is 2.95. The van der Waals surface area contributed by atoms with E-state index in [0.29, 0.717) is 5.69 Å². The summed E-state index contributed by atoms with van der Waals surface area (Å²) >= 11 is 0. The quantitative estimate of drug-likeness (QED) is 0.892. The first kappa shape index (κ1) is 14.0. The molecule has 2 aromatic rings. The molecule has 0 aliphatic rings. The van der Waals surface area contributed by atoms with E-state index in [1.54, 1.807) is 19.1 Å². The average molecular weight is 277 g/mol. The molecule has 0 saturated heterocycles. The predicted molar refractivity (Wildman–Crippen MR) is 71.8 cm³/mol. The first-order valence-corrected chi connectivity index (χ1v) is 6.03. The molecule has 0 aliphatic heterocycles. The molecule has 1 unspecified atom stereocenters. The van der Waals surface area contributed by atoms with Crippen LogP contribution < -0.4 is 5.32 Å². The molecule has 0 heterocycles. The lowest BCUT2D eigenvalue weighted by molar-refractivity contribution is 0.0697. The number of carbonyl (C=O) groups is 1. The van der Waals surface area contributed by atoms with Gasteiger partial charge in [0.2, 0.25) is 0 Å². The van der Waals surface area contributed by atoms with Crippen LogP contribution in [0.2, 0.25) is 0 Å². The number of nitrogens with one attached hydrogen (secondary N) is 1. The van der Waals surface area contributed by atoms with Crippen LogP contribution in [0, 0.1) is 11.6 Å². The summed E-state index contributed by atoms with van der Waals surface area (Å²) in [4.78, 5) is 10.7. The first-order chi connectivity index (χ1) is 9.49. The van der Waals surface area contributed by atoms with Crippen LogP contribution in [0.15, 0.2) is 42.5 Å². The number of carboxylic acids is 1. The van der Waals surface area contributed by atoms with Gasteiger partial charge in [0.05, 0.1) is 11.6 Å². The van der Waals surface area contributed by atoms with E-state index in [1.807, 2.05) is 0 Å². The SMILES string of the molecule is CC(Nc1ccc(C(=O)O)cc1)c1c(F)cccc1F. The molecule has 0 amide bonds. The fraction of sp³-hybridized carbons (Fsp3) is 0.133. The van der Waals surface area contributed by atoms with E-state index >= 15 is 0 Å². The molecule has 0 fully saturated rings. The smallest absolute Gasteiger partial charge is 0.335 e. The summed E-state index contributed by atoms with van der Waals surface area (Å²) in [5.74, 6) is -2.26. The summed E-state index contributed by atoms with van der Waals surface area (Å²) in [7, 11) is 0. The third kappa shape index (κ3) is 2.93. The Balaban J connectivity index is 2.19. The van der Waals surface area contributed by atoms with Crippen molar-refractivity contribution in [1.29, 1.82) is 0 Å². The van der Waals surface area contributed by atoms with E-state index in [9.17, 15) is 13.6 Å². The zero-order chi connectivity index (χ0) is 14.7. The van der Waals surface area contributed by atoms with Crippen LogP contribution in [-0.2, 0) is 0 Å². The van der Waals surface area contributed by atoms with Crippen molar-refractivity contribution in [3.05, 3.63) is 65.2 Å². The molecule has 1 atom stereocenters. The van der Waals surface area contributed by atoms with E-state index in [2.05, 4.69) is 5.32 Å². The predicted octanol–water partition coefficient (Wildman–Crippen LogP) is 3.84. The maximum atomic E-state index is 13.6. The Labute approximate surface area is 114 Å². The molecule has 0 aliphatic carbocycles. The molecule has 2 aromatic carbocycles. The van der Waals surface area contributed by atoms with Crippen molar-refractivity contribution in [3.63, 3.8) is 0 Å². The molecule has 104 valence electrons. The zero-order valence-electron chi connectivity index (χ0n) is 10.7. The third-order valence-electron chi connectivity index (χ3n) is 2.95. The first-order valence-electron chi connectivity index (χ1n) is 6.03. The van der Waals surface area contributed by atoms with Gasteiger partial charge in [-0.05, 0) is 43.3 Å². The van der Waals surface area contributed by atoms with Gasteiger partial charge in [-0.15, -0.1) is 0 Å². The monoisotopic (exact) mass is 277 g/mol. The van der Waals surface area contributed by atoms with Crippen LogP contribution in [0.1, 0.15) is 28.9 Å². The summed E-state index contributed by atoms with van der Waals surface area (Å²) in [5, 5.41) is 11.7. The topological polar surface area (TPSA) is 49.3 Å². The highest BCUT2D eigenvalue weighted by atomic mass is 19.1. The Hall–Kier alpha value is -2.43. The Morgan fingerprint density at radius 3 is 2.15 bits per heavy atom. The molecule has 2 rings (SSSR count). The van der Waals surface area contributed by atoms with Gasteiger partial charge in [0.1, 0.15) is 11.6 Å². The van der Waals surface area contributed by atoms with Crippen molar-refractivity contribution in [2.75, 3.05) is 5.32 Å². The van der Waals surface area contributed by atoms with Crippen molar-refractivity contribution in [1.82, 2.24) is 0 Å². The van der Waals surface area contributed by atoms with Gasteiger partial charge in [-0.25, -0.2) is 13.6 Å². The van der Waals surface area contributed by atoms with Crippen molar-refractivity contribution in [2.24, 2.45) is 0 Å². The fourth-order valence-electron chi connectivity index (χ4n) is 1.96. The van der Waals surface area contributed by atoms with Crippen LogP contribution in [0.3, 0.4) is 0 Å². The van der Waals surface area contributed by atoms with Crippen LogP contribution in [0.4, 0.5) is 14.5 Å². The van der Waals surface area contributed by atoms with E-state index in [4.69, 9.17) is 5.11 Å². The van der Waals surface area contributed by atoms with Gasteiger partial charge in [0, 0.05) is 11.3 Å². The molecule has 2 N–H and O–H groups in total. The van der Waals surface area contributed by atoms with Crippen LogP contribution in [0.25, 0.3) is 0 Å². The minimum absolute atomic E-state index is 0.0465. The second kappa shape index (κ2) is 5.69. The summed E-state index contributed by atoms with van der Waals surface area (Å²) < 4.78 is 27.2. The van der Waals surface area contributed by atoms with Gasteiger partial charge in [0.15, 0.2) is 0 Å². The van der Waals surface area contributed by atoms with Crippen molar-refractivity contribution >= 4 is 11.7 Å². The lowest BCUT2D eigenvalue weighted by Crippen LogP contribution is -2.11. The number of carboxylic acid groups (broad SMARTS) is 1. The standard InChI is InChI=1S/C15H13F2NO2/c1-9(14-12(16)3-2-4-13(14)17)18-11-7-5-10(6-8-11)15(19)20/h2-9,18H,1H3,(H,19,20). The van der Waals surface area contributed by atoms with Crippen LogP contribution in [0.5, 0.6) is 0 Å². The molecule has 0 bridgehead atoms.